The van der Waals surface area contributed by atoms with Crippen molar-refractivity contribution in [2.24, 2.45) is 0 Å². The Labute approximate surface area is 343 Å². The van der Waals surface area contributed by atoms with E-state index in [0.29, 0.717) is 5.71 Å². The van der Waals surface area contributed by atoms with Crippen molar-refractivity contribution in [3.63, 3.8) is 0 Å². The van der Waals surface area contributed by atoms with Gasteiger partial charge >= 0.3 is 0 Å². The number of nitrogens with zero attached hydrogens (tertiary/aromatic N) is 4. The predicted octanol–water partition coefficient (Wildman–Crippen LogP) is 12.1. The smallest absolute Gasteiger partial charge is 0.216 e. The van der Waals surface area contributed by atoms with E-state index in [9.17, 15) is 4.39 Å². The van der Waals surface area contributed by atoms with Gasteiger partial charge in [0, 0.05) is 50.0 Å². The number of para-hydroxylation sites is 2. The van der Waals surface area contributed by atoms with Gasteiger partial charge in [-0.15, -0.1) is 54.1 Å². The minimum Gasteiger partial charge on any atom is -0.486 e. The van der Waals surface area contributed by atoms with Gasteiger partial charge in [-0.2, -0.15) is 0 Å². The molecule has 5 aromatic carbocycles. The van der Waals surface area contributed by atoms with E-state index in [1.54, 1.807) is 6.07 Å². The zero-order valence-electron chi connectivity index (χ0n) is 33.1. The molecular weight excluding hydrogens is 888 g/mol. The van der Waals surface area contributed by atoms with Crippen LogP contribution in [0, 0.1) is 24.9 Å². The fraction of sp³-hybridized carbons (Fsp3) is 0.146. The molecule has 0 bridgehead atoms. The first-order valence-electron chi connectivity index (χ1n) is 18.9. The van der Waals surface area contributed by atoms with E-state index in [1.807, 2.05) is 136 Å². The number of rotatable bonds is 6. The number of imidazole rings is 1. The first-order valence-corrected chi connectivity index (χ1v) is 21.9. The second-order valence-electron chi connectivity index (χ2n) is 14.9. The molecule has 9 rings (SSSR count). The van der Waals surface area contributed by atoms with Crippen LogP contribution in [0.25, 0.3) is 72.6 Å². The van der Waals surface area contributed by atoms with Crippen molar-refractivity contribution in [3.8, 4) is 39.5 Å². The first-order chi connectivity index (χ1) is 26.9. The summed E-state index contributed by atoms with van der Waals surface area (Å²) in [5, 5.41) is 3.24. The molecule has 0 amide bonds. The standard InChI is InChI=1S/C25H16FN2.C23H25N2OSi.Ir/c26-20-15-16-23(21(17-20)18-9-3-1-4-10-18)28-24-14-8-7-13-22(24)27-25(28)19-11-5-2-6-12-19;1-14(2)19-12-20(24-13-21(19)27(4,5)6)18-9-7-8-16-17-11-10-15(3)25-23(17)26-22(16)18;/h1-11,13-17H;7-8,10-14H,1-6H3;/q2*-1;/i;14D;. The van der Waals surface area contributed by atoms with Gasteiger partial charge in [0.05, 0.1) is 30.5 Å². The van der Waals surface area contributed by atoms with Crippen LogP contribution in [0.4, 0.5) is 4.39 Å². The molecule has 8 heteroatoms. The van der Waals surface area contributed by atoms with Crippen molar-refractivity contribution in [2.45, 2.75) is 46.3 Å². The maximum absolute atomic E-state index is 14.2. The number of benzene rings is 5. The summed E-state index contributed by atoms with van der Waals surface area (Å²) in [6.45, 7) is 12.7. The Bertz CT molecular complexity index is 2860. The van der Waals surface area contributed by atoms with E-state index in [-0.39, 0.29) is 25.9 Å². The average Bonchev–Trinajstić information content (AvgIpc) is 3.76. The van der Waals surface area contributed by atoms with Crippen LogP contribution in [-0.4, -0.2) is 27.6 Å². The normalized spacial score (nSPS) is 11.9. The third-order valence-corrected chi connectivity index (χ3v) is 11.8. The van der Waals surface area contributed by atoms with Crippen molar-refractivity contribution in [1.82, 2.24) is 19.5 Å². The van der Waals surface area contributed by atoms with Gasteiger partial charge in [-0.1, -0.05) is 98.5 Å². The Morgan fingerprint density at radius 3 is 2.32 bits per heavy atom. The number of fused-ring (bicyclic) bond motifs is 4. The molecule has 281 valence electrons. The second-order valence-corrected chi connectivity index (χ2v) is 20.0. The molecule has 0 spiro atoms. The van der Waals surface area contributed by atoms with Crippen molar-refractivity contribution in [1.29, 1.82) is 0 Å². The van der Waals surface area contributed by atoms with E-state index in [4.69, 9.17) is 15.8 Å². The van der Waals surface area contributed by atoms with Gasteiger partial charge in [0.1, 0.15) is 5.82 Å². The van der Waals surface area contributed by atoms with E-state index in [0.717, 1.165) is 78.1 Å². The summed E-state index contributed by atoms with van der Waals surface area (Å²) in [4.78, 5) is 14.1. The molecule has 4 aromatic heterocycles. The van der Waals surface area contributed by atoms with Crippen molar-refractivity contribution < 1.29 is 30.3 Å². The van der Waals surface area contributed by atoms with Crippen LogP contribution in [0.1, 0.15) is 32.4 Å². The average molecular weight is 930 g/mol. The van der Waals surface area contributed by atoms with Crippen molar-refractivity contribution >= 4 is 46.4 Å². The number of hydrogen-bond acceptors (Lipinski definition) is 4. The minimum absolute atomic E-state index is 0. The molecule has 0 saturated carbocycles. The number of halogens is 1. The van der Waals surface area contributed by atoms with Crippen LogP contribution in [0.3, 0.4) is 0 Å². The summed E-state index contributed by atoms with van der Waals surface area (Å²) in [7, 11) is -1.62. The summed E-state index contributed by atoms with van der Waals surface area (Å²) >= 11 is 0. The van der Waals surface area contributed by atoms with Gasteiger partial charge < -0.3 is 14.0 Å². The Balaban J connectivity index is 0.000000171. The summed E-state index contributed by atoms with van der Waals surface area (Å²) in [5.41, 5.74) is 10.4. The molecule has 9 aromatic rings. The van der Waals surface area contributed by atoms with E-state index < -0.39 is 14.0 Å². The van der Waals surface area contributed by atoms with Crippen LogP contribution in [0.2, 0.25) is 19.6 Å². The number of aromatic nitrogens is 4. The van der Waals surface area contributed by atoms with Crippen LogP contribution in [0.5, 0.6) is 0 Å². The number of aryl methyl sites for hydroxylation is 1. The van der Waals surface area contributed by atoms with Crippen LogP contribution in [-0.2, 0) is 20.1 Å². The molecule has 0 saturated heterocycles. The topological polar surface area (TPSA) is 56.7 Å². The third kappa shape index (κ3) is 7.52. The van der Waals surface area contributed by atoms with Crippen LogP contribution >= 0.6 is 0 Å². The predicted molar refractivity (Wildman–Crippen MR) is 226 cm³/mol. The fourth-order valence-corrected chi connectivity index (χ4v) is 8.63. The monoisotopic (exact) mass is 930 g/mol. The zero-order chi connectivity index (χ0) is 39.2. The Morgan fingerprint density at radius 1 is 0.804 bits per heavy atom. The number of furan rings is 1. The molecule has 0 fully saturated rings. The second kappa shape index (κ2) is 15.9. The molecule has 0 aliphatic heterocycles. The molecular formula is C48H41FIrN4OSi-2. The molecule has 0 N–H and O–H groups in total. The maximum Gasteiger partial charge on any atom is 0.216 e. The molecule has 0 unspecified atom stereocenters. The SMILES string of the molecule is Fc1ccc(-n2c(-c3[c-]cccc3)nc3ccccc32)c(-c2ccccc2)c1.[2H]C(C)(C)c1cc(-c2[c-]ccc3c2oc2nc(C)ccc23)ncc1[Si](C)(C)C.[Ir]. The van der Waals surface area contributed by atoms with Gasteiger partial charge in [-0.3, -0.25) is 4.98 Å². The molecule has 56 heavy (non-hydrogen) atoms. The quantitative estimate of drug-likeness (QED) is 0.123. The van der Waals surface area contributed by atoms with Gasteiger partial charge in [0.25, 0.3) is 0 Å². The summed E-state index contributed by atoms with van der Waals surface area (Å²) in [5.74, 6) is -0.182. The fourth-order valence-electron chi connectivity index (χ4n) is 7.04. The van der Waals surface area contributed by atoms with Crippen molar-refractivity contribution in [3.05, 3.63) is 163 Å². The zero-order valence-corrected chi connectivity index (χ0v) is 35.5. The first kappa shape index (κ1) is 37.4. The molecule has 0 atom stereocenters. The van der Waals surface area contributed by atoms with Crippen LogP contribution < -0.4 is 5.19 Å². The van der Waals surface area contributed by atoms with Crippen LogP contribution in [0.15, 0.2) is 138 Å². The third-order valence-electron chi connectivity index (χ3n) is 9.74. The molecule has 5 nitrogen and oxygen atoms in total. The van der Waals surface area contributed by atoms with E-state index >= 15 is 0 Å². The Kier molecular flexibility index (Phi) is 10.6. The molecule has 4 heterocycles. The number of pyridine rings is 2. The Hall–Kier alpha value is -5.53. The van der Waals surface area contributed by atoms with Gasteiger partial charge in [-0.05, 0) is 71.7 Å². The van der Waals surface area contributed by atoms with Gasteiger partial charge in [-0.25, -0.2) is 9.37 Å². The summed E-state index contributed by atoms with van der Waals surface area (Å²) < 4.78 is 31.1. The van der Waals surface area contributed by atoms with Gasteiger partial charge in [0.2, 0.25) is 5.71 Å². The Morgan fingerprint density at radius 2 is 1.57 bits per heavy atom. The maximum atomic E-state index is 14.2. The molecule has 1 radical (unpaired) electrons. The van der Waals surface area contributed by atoms with E-state index in [2.05, 4.69) is 47.4 Å². The van der Waals surface area contributed by atoms with E-state index in [1.165, 1.54) is 11.3 Å². The largest absolute Gasteiger partial charge is 0.486 e. The number of hydrogen-bond donors (Lipinski definition) is 0. The van der Waals surface area contributed by atoms with Crippen molar-refractivity contribution in [2.75, 3.05) is 0 Å². The summed E-state index contributed by atoms with van der Waals surface area (Å²) in [6.07, 6.45) is 1.96. The molecule has 0 aliphatic rings. The summed E-state index contributed by atoms with van der Waals surface area (Å²) in [6, 6.07) is 47.1. The minimum atomic E-state index is -1.62. The van der Waals surface area contributed by atoms with Gasteiger partial charge in [0.15, 0.2) is 0 Å². The molecule has 0 aliphatic carbocycles.